The lowest BCUT2D eigenvalue weighted by molar-refractivity contribution is -0.127. The van der Waals surface area contributed by atoms with Gasteiger partial charge in [0.15, 0.2) is 0 Å². The standard InChI is InChI=1S/C28H31N5O2/c1-20(2)17-18-29-28(35)27(22-12-5-4-6-13-22)33(24-15-9-7-11-21(24)3)26(34)19-32-25-16-10-8-14-23(25)30-31-32/h4-16,20,27H,17-19H2,1-3H3,(H,29,35)/t27-/m1/s1. The topological polar surface area (TPSA) is 80.1 Å². The molecule has 3 aromatic carbocycles. The van der Waals surface area contributed by atoms with Gasteiger partial charge in [-0.1, -0.05) is 79.7 Å². The second-order valence-corrected chi connectivity index (χ2v) is 9.07. The van der Waals surface area contributed by atoms with Gasteiger partial charge in [-0.25, -0.2) is 4.68 Å². The van der Waals surface area contributed by atoms with Crippen LogP contribution in [-0.2, 0) is 16.1 Å². The Morgan fingerprint density at radius 1 is 0.943 bits per heavy atom. The van der Waals surface area contributed by atoms with E-state index < -0.39 is 6.04 Å². The van der Waals surface area contributed by atoms with Crippen molar-refractivity contribution >= 4 is 28.5 Å². The SMILES string of the molecule is Cc1ccccc1N(C(=O)Cn1nnc2ccccc21)[C@@H](C(=O)NCCC(C)C)c1ccccc1. The maximum atomic E-state index is 14.0. The van der Waals surface area contributed by atoms with Crippen molar-refractivity contribution in [3.8, 4) is 0 Å². The summed E-state index contributed by atoms with van der Waals surface area (Å²) >= 11 is 0. The van der Waals surface area contributed by atoms with Crippen LogP contribution in [0.15, 0.2) is 78.9 Å². The van der Waals surface area contributed by atoms with Gasteiger partial charge in [-0.05, 0) is 48.6 Å². The van der Waals surface area contributed by atoms with Gasteiger partial charge >= 0.3 is 0 Å². The zero-order valence-electron chi connectivity index (χ0n) is 20.4. The molecule has 0 aliphatic heterocycles. The molecule has 0 unspecified atom stereocenters. The van der Waals surface area contributed by atoms with E-state index in [-0.39, 0.29) is 18.4 Å². The van der Waals surface area contributed by atoms with Crippen molar-refractivity contribution in [2.24, 2.45) is 5.92 Å². The quantitative estimate of drug-likeness (QED) is 0.386. The van der Waals surface area contributed by atoms with E-state index in [1.54, 1.807) is 9.58 Å². The fourth-order valence-electron chi connectivity index (χ4n) is 4.12. The Kier molecular flexibility index (Phi) is 7.55. The van der Waals surface area contributed by atoms with Gasteiger partial charge in [-0.15, -0.1) is 5.10 Å². The van der Waals surface area contributed by atoms with E-state index in [4.69, 9.17) is 0 Å². The molecule has 0 spiro atoms. The number of carbonyl (C=O) groups is 2. The van der Waals surface area contributed by atoms with Crippen molar-refractivity contribution in [3.63, 3.8) is 0 Å². The number of hydrogen-bond donors (Lipinski definition) is 1. The number of amides is 2. The molecule has 0 radical (unpaired) electrons. The molecule has 4 aromatic rings. The molecule has 1 atom stereocenters. The van der Waals surface area contributed by atoms with Gasteiger partial charge < -0.3 is 5.32 Å². The number of aryl methyl sites for hydroxylation is 1. The minimum atomic E-state index is -0.827. The summed E-state index contributed by atoms with van der Waals surface area (Å²) < 4.78 is 1.58. The molecule has 0 bridgehead atoms. The zero-order valence-corrected chi connectivity index (χ0v) is 20.4. The minimum absolute atomic E-state index is 0.0442. The van der Waals surface area contributed by atoms with Gasteiger partial charge in [-0.2, -0.15) is 0 Å². The lowest BCUT2D eigenvalue weighted by Crippen LogP contribution is -2.46. The van der Waals surface area contributed by atoms with Crippen LogP contribution in [0.3, 0.4) is 0 Å². The highest BCUT2D eigenvalue weighted by Crippen LogP contribution is 2.31. The Labute approximate surface area is 205 Å². The first-order chi connectivity index (χ1) is 17.0. The fourth-order valence-corrected chi connectivity index (χ4v) is 4.12. The predicted octanol–water partition coefficient (Wildman–Crippen LogP) is 4.68. The lowest BCUT2D eigenvalue weighted by atomic mass is 10.0. The van der Waals surface area contributed by atoms with E-state index in [0.717, 1.165) is 23.1 Å². The van der Waals surface area contributed by atoms with Crippen LogP contribution >= 0.6 is 0 Å². The van der Waals surface area contributed by atoms with Crippen LogP contribution in [0.25, 0.3) is 11.0 Å². The number of fused-ring (bicyclic) bond motifs is 1. The normalized spacial score (nSPS) is 12.0. The molecule has 1 heterocycles. The predicted molar refractivity (Wildman–Crippen MR) is 138 cm³/mol. The van der Waals surface area contributed by atoms with Crippen molar-refractivity contribution in [2.75, 3.05) is 11.4 Å². The van der Waals surface area contributed by atoms with E-state index >= 15 is 0 Å². The maximum absolute atomic E-state index is 14.0. The molecule has 4 rings (SSSR count). The number of rotatable bonds is 9. The number of hydrogen-bond acceptors (Lipinski definition) is 4. The molecule has 180 valence electrons. The molecule has 0 saturated carbocycles. The first-order valence-electron chi connectivity index (χ1n) is 11.9. The summed E-state index contributed by atoms with van der Waals surface area (Å²) in [5, 5.41) is 11.4. The summed E-state index contributed by atoms with van der Waals surface area (Å²) in [5.74, 6) is -0.000100. The van der Waals surface area contributed by atoms with Crippen LogP contribution in [0.2, 0.25) is 0 Å². The van der Waals surface area contributed by atoms with Crippen LogP contribution in [0.4, 0.5) is 5.69 Å². The number of anilines is 1. The van der Waals surface area contributed by atoms with Crippen LogP contribution in [0, 0.1) is 12.8 Å². The van der Waals surface area contributed by atoms with Crippen LogP contribution in [0.5, 0.6) is 0 Å². The maximum Gasteiger partial charge on any atom is 0.249 e. The highest BCUT2D eigenvalue weighted by Gasteiger charge is 2.33. The molecule has 0 aliphatic rings. The Bertz CT molecular complexity index is 1300. The zero-order chi connectivity index (χ0) is 24.8. The molecular formula is C28H31N5O2. The van der Waals surface area contributed by atoms with Crippen molar-refractivity contribution < 1.29 is 9.59 Å². The van der Waals surface area contributed by atoms with Crippen molar-refractivity contribution in [1.29, 1.82) is 0 Å². The molecule has 0 fully saturated rings. The summed E-state index contributed by atoms with van der Waals surface area (Å²) in [5.41, 5.74) is 3.82. The third kappa shape index (κ3) is 5.57. The molecule has 7 heteroatoms. The molecule has 0 aliphatic carbocycles. The summed E-state index contributed by atoms with van der Waals surface area (Å²) in [4.78, 5) is 29.2. The van der Waals surface area contributed by atoms with E-state index in [0.29, 0.717) is 23.7 Å². The van der Waals surface area contributed by atoms with Crippen molar-refractivity contribution in [3.05, 3.63) is 90.0 Å². The summed E-state index contributed by atoms with van der Waals surface area (Å²) in [6.07, 6.45) is 0.858. The molecule has 1 aromatic heterocycles. The Morgan fingerprint density at radius 3 is 2.37 bits per heavy atom. The van der Waals surface area contributed by atoms with Crippen LogP contribution < -0.4 is 10.2 Å². The molecular weight excluding hydrogens is 438 g/mol. The highest BCUT2D eigenvalue weighted by molar-refractivity contribution is 6.02. The third-order valence-electron chi connectivity index (χ3n) is 5.99. The van der Waals surface area contributed by atoms with Crippen molar-refractivity contribution in [2.45, 2.75) is 39.8 Å². The van der Waals surface area contributed by atoms with E-state index in [9.17, 15) is 9.59 Å². The van der Waals surface area contributed by atoms with E-state index in [2.05, 4.69) is 29.5 Å². The van der Waals surface area contributed by atoms with Gasteiger partial charge in [0.2, 0.25) is 11.8 Å². The average Bonchev–Trinajstić information content (AvgIpc) is 3.26. The number of carbonyl (C=O) groups excluding carboxylic acids is 2. The highest BCUT2D eigenvalue weighted by atomic mass is 16.2. The summed E-state index contributed by atoms with van der Waals surface area (Å²) in [7, 11) is 0. The van der Waals surface area contributed by atoms with Gasteiger partial charge in [-0.3, -0.25) is 14.5 Å². The Morgan fingerprint density at radius 2 is 1.63 bits per heavy atom. The Balaban J connectivity index is 1.76. The number of nitrogens with zero attached hydrogens (tertiary/aromatic N) is 4. The van der Waals surface area contributed by atoms with Crippen LogP contribution in [-0.4, -0.2) is 33.4 Å². The largest absolute Gasteiger partial charge is 0.354 e. The van der Waals surface area contributed by atoms with Gasteiger partial charge in [0.25, 0.3) is 0 Å². The summed E-state index contributed by atoms with van der Waals surface area (Å²) in [6, 6.07) is 23.8. The van der Waals surface area contributed by atoms with Crippen molar-refractivity contribution in [1.82, 2.24) is 20.3 Å². The lowest BCUT2D eigenvalue weighted by Gasteiger charge is -2.32. The van der Waals surface area contributed by atoms with Crippen LogP contribution in [0.1, 0.15) is 37.4 Å². The molecule has 35 heavy (non-hydrogen) atoms. The first kappa shape index (κ1) is 24.1. The Hall–Kier alpha value is -4.00. The minimum Gasteiger partial charge on any atom is -0.354 e. The first-order valence-corrected chi connectivity index (χ1v) is 11.9. The molecule has 1 N–H and O–H groups in total. The third-order valence-corrected chi connectivity index (χ3v) is 5.99. The van der Waals surface area contributed by atoms with Gasteiger partial charge in [0.1, 0.15) is 18.1 Å². The fraction of sp³-hybridized carbons (Fsp3) is 0.286. The molecule has 2 amide bonds. The number of benzene rings is 3. The number of aromatic nitrogens is 3. The second kappa shape index (κ2) is 11.0. The molecule has 0 saturated heterocycles. The summed E-state index contributed by atoms with van der Waals surface area (Å²) in [6.45, 7) is 6.68. The van der Waals surface area contributed by atoms with E-state index in [1.165, 1.54) is 0 Å². The smallest absolute Gasteiger partial charge is 0.249 e. The van der Waals surface area contributed by atoms with Gasteiger partial charge in [0, 0.05) is 12.2 Å². The van der Waals surface area contributed by atoms with E-state index in [1.807, 2.05) is 85.8 Å². The average molecular weight is 470 g/mol. The monoisotopic (exact) mass is 469 g/mol. The molecule has 7 nitrogen and oxygen atoms in total. The number of para-hydroxylation sites is 2. The van der Waals surface area contributed by atoms with Gasteiger partial charge in [0.05, 0.1) is 5.52 Å². The second-order valence-electron chi connectivity index (χ2n) is 9.07. The number of nitrogens with one attached hydrogen (secondary N) is 1.